The summed E-state index contributed by atoms with van der Waals surface area (Å²) in [5.41, 5.74) is 1.72. The number of rotatable bonds is 9. The molecule has 2 aliphatic rings. The van der Waals surface area contributed by atoms with E-state index in [4.69, 9.17) is 14.2 Å². The number of likely N-dealkylation sites (N-methyl/N-ethyl adjacent to an activating group) is 1. The van der Waals surface area contributed by atoms with E-state index in [9.17, 15) is 14.4 Å². The van der Waals surface area contributed by atoms with E-state index >= 15 is 0 Å². The topological polar surface area (TPSA) is 94.2 Å². The maximum atomic E-state index is 13.4. The van der Waals surface area contributed by atoms with Crippen molar-refractivity contribution in [2.45, 2.75) is 96.9 Å². The van der Waals surface area contributed by atoms with Crippen molar-refractivity contribution in [2.24, 2.45) is 11.8 Å². The van der Waals surface area contributed by atoms with Crippen molar-refractivity contribution >= 4 is 18.0 Å². The minimum atomic E-state index is -0.627. The first kappa shape index (κ1) is 29.0. The first-order valence-electron chi connectivity index (χ1n) is 13.5. The van der Waals surface area contributed by atoms with Crippen LogP contribution in [-0.4, -0.2) is 61.3 Å². The summed E-state index contributed by atoms with van der Waals surface area (Å²) in [6, 6.07) is 5.38. The van der Waals surface area contributed by atoms with Gasteiger partial charge in [-0.05, 0) is 96.1 Å². The number of amides is 2. The van der Waals surface area contributed by atoms with Crippen LogP contribution in [0.15, 0.2) is 18.2 Å². The molecule has 1 aromatic rings. The summed E-state index contributed by atoms with van der Waals surface area (Å²) in [5, 5.41) is 2.91. The Balaban J connectivity index is 1.56. The third kappa shape index (κ3) is 8.19. The molecule has 1 atom stereocenters. The van der Waals surface area contributed by atoms with Gasteiger partial charge in [0.1, 0.15) is 11.6 Å². The fourth-order valence-electron chi connectivity index (χ4n) is 5.13. The van der Waals surface area contributed by atoms with Crippen molar-refractivity contribution < 1.29 is 28.6 Å². The molecule has 206 valence electrons. The highest BCUT2D eigenvalue weighted by Gasteiger charge is 2.38. The van der Waals surface area contributed by atoms with E-state index in [1.807, 2.05) is 57.8 Å². The highest BCUT2D eigenvalue weighted by molar-refractivity contribution is 5.91. The van der Waals surface area contributed by atoms with E-state index in [1.54, 1.807) is 0 Å². The molecule has 0 aliphatic heterocycles. The SMILES string of the molecule is COC(=O)c1cc(C)ccc1COCC1CCC([C@H](NC(=O)OC(C)(C)C)C(=O)N(C)C2CCC2)CC1. The van der Waals surface area contributed by atoms with Crippen LogP contribution in [0.3, 0.4) is 0 Å². The standard InChI is InChI=1S/C29H44N2O6/c1-19-10-13-22(24(16-19)27(33)35-6)18-36-17-20-11-14-21(15-12-20)25(30-28(34)37-29(2,3)4)26(32)31(5)23-8-7-9-23/h10,13,16,20-21,23,25H,7-9,11-12,14-15,17-18H2,1-6H3,(H,30,34)/t20?,21?,25-/m0/s1. The second-order valence-corrected chi connectivity index (χ2v) is 11.6. The number of methoxy groups -OCH3 is 1. The molecule has 2 saturated carbocycles. The van der Waals surface area contributed by atoms with Crippen LogP contribution in [-0.2, 0) is 25.6 Å². The highest BCUT2D eigenvalue weighted by atomic mass is 16.6. The minimum absolute atomic E-state index is 0.0232. The van der Waals surface area contributed by atoms with Crippen LogP contribution in [0.2, 0.25) is 0 Å². The molecule has 1 N–H and O–H groups in total. The largest absolute Gasteiger partial charge is 0.465 e. The van der Waals surface area contributed by atoms with E-state index in [1.165, 1.54) is 7.11 Å². The van der Waals surface area contributed by atoms with Gasteiger partial charge in [0.2, 0.25) is 5.91 Å². The maximum absolute atomic E-state index is 13.4. The van der Waals surface area contributed by atoms with Gasteiger partial charge in [-0.3, -0.25) is 4.79 Å². The number of benzene rings is 1. The summed E-state index contributed by atoms with van der Waals surface area (Å²) >= 11 is 0. The summed E-state index contributed by atoms with van der Waals surface area (Å²) in [6.07, 6.45) is 6.12. The van der Waals surface area contributed by atoms with Gasteiger partial charge in [0, 0.05) is 19.7 Å². The van der Waals surface area contributed by atoms with Crippen LogP contribution >= 0.6 is 0 Å². The third-order valence-electron chi connectivity index (χ3n) is 7.55. The second-order valence-electron chi connectivity index (χ2n) is 11.6. The molecule has 2 aliphatic carbocycles. The lowest BCUT2D eigenvalue weighted by Crippen LogP contribution is -2.55. The van der Waals surface area contributed by atoms with Gasteiger partial charge >= 0.3 is 12.1 Å². The lowest BCUT2D eigenvalue weighted by molar-refractivity contribution is -0.137. The van der Waals surface area contributed by atoms with Crippen molar-refractivity contribution in [3.8, 4) is 0 Å². The molecule has 2 fully saturated rings. The lowest BCUT2D eigenvalue weighted by Gasteiger charge is -2.40. The van der Waals surface area contributed by atoms with Crippen molar-refractivity contribution in [3.05, 3.63) is 34.9 Å². The molecule has 3 rings (SSSR count). The Bertz CT molecular complexity index is 944. The van der Waals surface area contributed by atoms with Gasteiger partial charge in [-0.2, -0.15) is 0 Å². The Morgan fingerprint density at radius 3 is 2.32 bits per heavy atom. The molecule has 0 heterocycles. The lowest BCUT2D eigenvalue weighted by atomic mass is 9.78. The van der Waals surface area contributed by atoms with E-state index in [0.29, 0.717) is 24.7 Å². The van der Waals surface area contributed by atoms with Crippen LogP contribution < -0.4 is 5.32 Å². The van der Waals surface area contributed by atoms with Crippen molar-refractivity contribution in [3.63, 3.8) is 0 Å². The molecule has 8 nitrogen and oxygen atoms in total. The van der Waals surface area contributed by atoms with Gasteiger partial charge in [0.15, 0.2) is 0 Å². The predicted octanol–water partition coefficient (Wildman–Crippen LogP) is 5.01. The van der Waals surface area contributed by atoms with Gasteiger partial charge in [-0.15, -0.1) is 0 Å². The van der Waals surface area contributed by atoms with E-state index in [2.05, 4.69) is 5.32 Å². The molecule has 0 aromatic heterocycles. The number of hydrogen-bond donors (Lipinski definition) is 1. The Kier molecular flexibility index (Phi) is 9.99. The number of nitrogens with zero attached hydrogens (tertiary/aromatic N) is 1. The first-order valence-corrected chi connectivity index (χ1v) is 13.5. The van der Waals surface area contributed by atoms with Crippen molar-refractivity contribution in [2.75, 3.05) is 20.8 Å². The zero-order valence-electron chi connectivity index (χ0n) is 23.3. The molecule has 0 unspecified atom stereocenters. The number of esters is 1. The Morgan fingerprint density at radius 2 is 1.76 bits per heavy atom. The number of carbonyl (C=O) groups excluding carboxylic acids is 3. The summed E-state index contributed by atoms with van der Waals surface area (Å²) in [4.78, 5) is 40.0. The van der Waals surface area contributed by atoms with Crippen LogP contribution in [0, 0.1) is 18.8 Å². The molecular weight excluding hydrogens is 472 g/mol. The van der Waals surface area contributed by atoms with E-state index in [-0.39, 0.29) is 23.8 Å². The van der Waals surface area contributed by atoms with Gasteiger partial charge in [0.05, 0.1) is 19.3 Å². The fourth-order valence-corrected chi connectivity index (χ4v) is 5.13. The smallest absolute Gasteiger partial charge is 0.408 e. The molecule has 37 heavy (non-hydrogen) atoms. The quantitative estimate of drug-likeness (QED) is 0.464. The molecular formula is C29H44N2O6. The van der Waals surface area contributed by atoms with Gasteiger partial charge < -0.3 is 24.4 Å². The van der Waals surface area contributed by atoms with Crippen LogP contribution in [0.4, 0.5) is 4.79 Å². The summed E-state index contributed by atoms with van der Waals surface area (Å²) < 4.78 is 16.4. The Morgan fingerprint density at radius 1 is 1.08 bits per heavy atom. The van der Waals surface area contributed by atoms with Crippen LogP contribution in [0.5, 0.6) is 0 Å². The Hall–Kier alpha value is -2.61. The molecule has 1 aromatic carbocycles. The molecule has 0 saturated heterocycles. The van der Waals surface area contributed by atoms with E-state index < -0.39 is 17.7 Å². The third-order valence-corrected chi connectivity index (χ3v) is 7.55. The normalized spacial score (nSPS) is 20.9. The number of alkyl carbamates (subject to hydrolysis) is 1. The minimum Gasteiger partial charge on any atom is -0.465 e. The zero-order valence-corrected chi connectivity index (χ0v) is 23.3. The monoisotopic (exact) mass is 516 g/mol. The van der Waals surface area contributed by atoms with Crippen LogP contribution in [0.25, 0.3) is 0 Å². The average Bonchev–Trinajstić information content (AvgIpc) is 2.80. The van der Waals surface area contributed by atoms with Crippen LogP contribution in [0.1, 0.15) is 87.2 Å². The predicted molar refractivity (Wildman–Crippen MR) is 141 cm³/mol. The maximum Gasteiger partial charge on any atom is 0.408 e. The number of aryl methyl sites for hydroxylation is 1. The number of hydrogen-bond acceptors (Lipinski definition) is 6. The zero-order chi connectivity index (χ0) is 27.2. The summed E-state index contributed by atoms with van der Waals surface area (Å²) in [6.45, 7) is 8.33. The summed E-state index contributed by atoms with van der Waals surface area (Å²) in [7, 11) is 3.23. The number of carbonyl (C=O) groups is 3. The molecule has 0 bridgehead atoms. The molecule has 2 amide bonds. The van der Waals surface area contributed by atoms with Crippen molar-refractivity contribution in [1.29, 1.82) is 0 Å². The molecule has 8 heteroatoms. The first-order chi connectivity index (χ1) is 17.5. The molecule has 0 radical (unpaired) electrons. The number of nitrogens with one attached hydrogen (secondary N) is 1. The second kappa shape index (κ2) is 12.8. The molecule has 0 spiro atoms. The van der Waals surface area contributed by atoms with E-state index in [0.717, 1.165) is 56.1 Å². The summed E-state index contributed by atoms with van der Waals surface area (Å²) in [5.74, 6) is 0.0413. The fraction of sp³-hybridized carbons (Fsp3) is 0.690. The number of ether oxygens (including phenoxy) is 3. The van der Waals surface area contributed by atoms with Gasteiger partial charge in [-0.25, -0.2) is 9.59 Å². The van der Waals surface area contributed by atoms with Gasteiger partial charge in [0.25, 0.3) is 0 Å². The highest BCUT2D eigenvalue weighted by Crippen LogP contribution is 2.33. The van der Waals surface area contributed by atoms with Crippen molar-refractivity contribution in [1.82, 2.24) is 10.2 Å². The Labute approximate surface area is 221 Å². The average molecular weight is 517 g/mol. The van der Waals surface area contributed by atoms with Gasteiger partial charge in [-0.1, -0.05) is 17.7 Å².